The number of carbonyl (C=O) groups is 1. The lowest BCUT2D eigenvalue weighted by Gasteiger charge is -2.23. The van der Waals surface area contributed by atoms with Gasteiger partial charge in [-0.1, -0.05) is 6.07 Å². The minimum absolute atomic E-state index is 0.0347. The number of carbonyl (C=O) groups excluding carboxylic acids is 1. The van der Waals surface area contributed by atoms with Gasteiger partial charge in [0.15, 0.2) is 0 Å². The van der Waals surface area contributed by atoms with Crippen molar-refractivity contribution in [2.24, 2.45) is 7.05 Å². The van der Waals surface area contributed by atoms with Gasteiger partial charge in [0.25, 0.3) is 5.91 Å². The molecule has 18 heavy (non-hydrogen) atoms. The van der Waals surface area contributed by atoms with E-state index in [-0.39, 0.29) is 18.6 Å². The second-order valence-electron chi connectivity index (χ2n) is 4.61. The van der Waals surface area contributed by atoms with Gasteiger partial charge in [0, 0.05) is 36.8 Å². The summed E-state index contributed by atoms with van der Waals surface area (Å²) < 4.78 is 1.99. The summed E-state index contributed by atoms with van der Waals surface area (Å²) >= 11 is 0. The quantitative estimate of drug-likeness (QED) is 0.894. The number of hydrogen-bond donors (Lipinski definition) is 1. The zero-order valence-electron chi connectivity index (χ0n) is 10.9. The Morgan fingerprint density at radius 3 is 2.83 bits per heavy atom. The summed E-state index contributed by atoms with van der Waals surface area (Å²) in [7, 11) is 3.67. The molecule has 1 aromatic carbocycles. The lowest BCUT2D eigenvalue weighted by molar-refractivity contribution is 0.0684. The van der Waals surface area contributed by atoms with E-state index in [1.165, 1.54) is 0 Å². The minimum atomic E-state index is -0.184. The van der Waals surface area contributed by atoms with Crippen LogP contribution in [0.5, 0.6) is 0 Å². The number of nitrogens with zero attached hydrogens (tertiary/aromatic N) is 2. The van der Waals surface area contributed by atoms with Crippen molar-refractivity contribution in [1.29, 1.82) is 0 Å². The average molecular weight is 246 g/mol. The number of aliphatic hydroxyl groups is 1. The number of hydrogen-bond acceptors (Lipinski definition) is 2. The van der Waals surface area contributed by atoms with Gasteiger partial charge in [0.05, 0.1) is 12.6 Å². The Labute approximate surface area is 106 Å². The fraction of sp³-hybridized carbons (Fsp3) is 0.357. The second-order valence-corrected chi connectivity index (χ2v) is 4.61. The molecule has 1 unspecified atom stereocenters. The van der Waals surface area contributed by atoms with Gasteiger partial charge in [-0.05, 0) is 25.1 Å². The van der Waals surface area contributed by atoms with Gasteiger partial charge in [-0.2, -0.15) is 0 Å². The molecule has 96 valence electrons. The number of fused-ring (bicyclic) bond motifs is 1. The predicted octanol–water partition coefficient (Wildman–Crippen LogP) is 1.63. The molecule has 0 bridgehead atoms. The smallest absolute Gasteiger partial charge is 0.254 e. The number of benzene rings is 1. The molecule has 4 nitrogen and oxygen atoms in total. The van der Waals surface area contributed by atoms with Crippen molar-refractivity contribution in [2.75, 3.05) is 13.7 Å². The van der Waals surface area contributed by atoms with Crippen LogP contribution in [0.25, 0.3) is 10.9 Å². The maximum atomic E-state index is 12.4. The fourth-order valence-corrected chi connectivity index (χ4v) is 2.00. The molecule has 4 heteroatoms. The molecule has 0 radical (unpaired) electrons. The molecule has 0 aliphatic rings. The zero-order valence-corrected chi connectivity index (χ0v) is 10.9. The number of aromatic nitrogens is 1. The average Bonchev–Trinajstić information content (AvgIpc) is 2.78. The molecule has 1 heterocycles. The summed E-state index contributed by atoms with van der Waals surface area (Å²) in [5, 5.41) is 10.1. The molecule has 0 aliphatic carbocycles. The molecule has 0 saturated carbocycles. The molecule has 1 N–H and O–H groups in total. The fourth-order valence-electron chi connectivity index (χ4n) is 2.00. The molecule has 1 aromatic heterocycles. The van der Waals surface area contributed by atoms with Gasteiger partial charge < -0.3 is 14.6 Å². The van der Waals surface area contributed by atoms with E-state index in [0.717, 1.165) is 10.9 Å². The van der Waals surface area contributed by atoms with Gasteiger partial charge in [-0.3, -0.25) is 4.79 Å². The first-order chi connectivity index (χ1) is 8.56. The highest BCUT2D eigenvalue weighted by Crippen LogP contribution is 2.21. The van der Waals surface area contributed by atoms with E-state index >= 15 is 0 Å². The van der Waals surface area contributed by atoms with E-state index in [0.29, 0.717) is 5.56 Å². The van der Waals surface area contributed by atoms with Crippen LogP contribution in [0.15, 0.2) is 30.5 Å². The van der Waals surface area contributed by atoms with Crippen LogP contribution in [0.4, 0.5) is 0 Å². The Morgan fingerprint density at radius 1 is 1.44 bits per heavy atom. The van der Waals surface area contributed by atoms with E-state index in [2.05, 4.69) is 0 Å². The first kappa shape index (κ1) is 12.6. The third-order valence-electron chi connectivity index (χ3n) is 3.40. The van der Waals surface area contributed by atoms with Gasteiger partial charge in [0.1, 0.15) is 0 Å². The molecule has 2 aromatic rings. The molecule has 1 amide bonds. The van der Waals surface area contributed by atoms with Gasteiger partial charge in [-0.25, -0.2) is 0 Å². The Morgan fingerprint density at radius 2 is 2.17 bits per heavy atom. The second kappa shape index (κ2) is 4.82. The summed E-state index contributed by atoms with van der Waals surface area (Å²) in [5.74, 6) is -0.0617. The molecule has 0 spiro atoms. The van der Waals surface area contributed by atoms with Crippen LogP contribution in [0, 0.1) is 0 Å². The van der Waals surface area contributed by atoms with E-state index < -0.39 is 0 Å². The summed E-state index contributed by atoms with van der Waals surface area (Å²) in [6.07, 6.45) is 1.94. The van der Waals surface area contributed by atoms with Crippen molar-refractivity contribution >= 4 is 16.8 Å². The number of aryl methyl sites for hydroxylation is 1. The number of rotatable bonds is 3. The Bertz CT molecular complexity index is 574. The molecule has 2 rings (SSSR count). The summed E-state index contributed by atoms with van der Waals surface area (Å²) in [6.45, 7) is 1.79. The third kappa shape index (κ3) is 1.99. The van der Waals surface area contributed by atoms with Crippen molar-refractivity contribution in [1.82, 2.24) is 9.47 Å². The van der Waals surface area contributed by atoms with Crippen LogP contribution in [0.2, 0.25) is 0 Å². The highest BCUT2D eigenvalue weighted by Gasteiger charge is 2.19. The molecule has 0 saturated heterocycles. The van der Waals surface area contributed by atoms with Crippen LogP contribution in [-0.4, -0.2) is 40.2 Å². The number of amides is 1. The maximum Gasteiger partial charge on any atom is 0.254 e. The molecular formula is C14H18N2O2. The normalized spacial score (nSPS) is 12.7. The Balaban J connectivity index is 2.45. The van der Waals surface area contributed by atoms with Crippen LogP contribution >= 0.6 is 0 Å². The first-order valence-electron chi connectivity index (χ1n) is 5.98. The standard InChI is InChI=1S/C14H18N2O2/c1-10(9-17)16(3)14(18)12-5-4-6-13-11(12)7-8-15(13)2/h4-8,10,17H,9H2,1-3H3. The monoisotopic (exact) mass is 246 g/mol. The predicted molar refractivity (Wildman–Crippen MR) is 71.6 cm³/mol. The topological polar surface area (TPSA) is 45.5 Å². The highest BCUT2D eigenvalue weighted by molar-refractivity contribution is 6.06. The minimum Gasteiger partial charge on any atom is -0.394 e. The lowest BCUT2D eigenvalue weighted by atomic mass is 10.1. The maximum absolute atomic E-state index is 12.4. The van der Waals surface area contributed by atoms with Crippen LogP contribution in [0.3, 0.4) is 0 Å². The zero-order chi connectivity index (χ0) is 13.3. The van der Waals surface area contributed by atoms with E-state index in [1.54, 1.807) is 11.9 Å². The highest BCUT2D eigenvalue weighted by atomic mass is 16.3. The van der Waals surface area contributed by atoms with E-state index in [9.17, 15) is 4.79 Å². The Hall–Kier alpha value is -1.81. The summed E-state index contributed by atoms with van der Waals surface area (Å²) in [6, 6.07) is 7.45. The van der Waals surface area contributed by atoms with E-state index in [1.807, 2.05) is 49.0 Å². The number of likely N-dealkylation sites (N-methyl/N-ethyl adjacent to an activating group) is 1. The summed E-state index contributed by atoms with van der Waals surface area (Å²) in [5.41, 5.74) is 1.71. The van der Waals surface area contributed by atoms with Crippen LogP contribution < -0.4 is 0 Å². The van der Waals surface area contributed by atoms with Crippen molar-refractivity contribution < 1.29 is 9.90 Å². The largest absolute Gasteiger partial charge is 0.394 e. The SMILES string of the molecule is CC(CO)N(C)C(=O)c1cccc2c1ccn2C. The molecule has 0 fully saturated rings. The summed E-state index contributed by atoms with van der Waals surface area (Å²) in [4.78, 5) is 13.9. The van der Waals surface area contributed by atoms with Crippen molar-refractivity contribution in [3.8, 4) is 0 Å². The van der Waals surface area contributed by atoms with Gasteiger partial charge in [0.2, 0.25) is 0 Å². The van der Waals surface area contributed by atoms with Crippen LogP contribution in [-0.2, 0) is 7.05 Å². The van der Waals surface area contributed by atoms with E-state index in [4.69, 9.17) is 5.11 Å². The van der Waals surface area contributed by atoms with Crippen molar-refractivity contribution in [2.45, 2.75) is 13.0 Å². The Kier molecular flexibility index (Phi) is 3.39. The van der Waals surface area contributed by atoms with Crippen molar-refractivity contribution in [3.63, 3.8) is 0 Å². The third-order valence-corrected chi connectivity index (χ3v) is 3.40. The number of aliphatic hydroxyl groups excluding tert-OH is 1. The van der Waals surface area contributed by atoms with Crippen LogP contribution in [0.1, 0.15) is 17.3 Å². The van der Waals surface area contributed by atoms with Crippen molar-refractivity contribution in [3.05, 3.63) is 36.0 Å². The molecule has 0 aliphatic heterocycles. The molecule has 1 atom stereocenters. The lowest BCUT2D eigenvalue weighted by Crippen LogP contribution is -2.37. The van der Waals surface area contributed by atoms with Gasteiger partial charge >= 0.3 is 0 Å². The first-order valence-corrected chi connectivity index (χ1v) is 5.98. The van der Waals surface area contributed by atoms with Gasteiger partial charge in [-0.15, -0.1) is 0 Å². The molecular weight excluding hydrogens is 228 g/mol.